The number of nitrogens with zero attached hydrogens (tertiary/aromatic N) is 2. The summed E-state index contributed by atoms with van der Waals surface area (Å²) in [6.45, 7) is 7.11. The maximum Gasteiger partial charge on any atom is 0.257 e. The van der Waals surface area contributed by atoms with Crippen molar-refractivity contribution < 1.29 is 14.3 Å². The monoisotopic (exact) mass is 426 g/mol. The van der Waals surface area contributed by atoms with E-state index in [0.29, 0.717) is 17.9 Å². The Labute approximate surface area is 182 Å². The van der Waals surface area contributed by atoms with E-state index in [4.69, 9.17) is 17.0 Å². The van der Waals surface area contributed by atoms with E-state index in [-0.39, 0.29) is 16.9 Å². The number of thiocarbonyl (C=S) groups is 1. The quantitative estimate of drug-likeness (QED) is 0.717. The molecule has 0 atom stereocenters. The molecule has 0 aromatic heterocycles. The molecule has 7 nitrogen and oxygen atoms in total. The standard InChI is InChI=1S/C22H26N4O3S/c1-3-29-20-6-4-5-17(15-20)21(28)24-22(30)23-18-7-9-19(10-8-18)26-13-11-25(12-14-26)16(2)27/h4-10,15H,3,11-14H2,1-2H3,(H2,23,24,28,30). The van der Waals surface area contributed by atoms with Gasteiger partial charge in [-0.1, -0.05) is 6.07 Å². The highest BCUT2D eigenvalue weighted by Gasteiger charge is 2.18. The lowest BCUT2D eigenvalue weighted by molar-refractivity contribution is -0.129. The van der Waals surface area contributed by atoms with E-state index in [9.17, 15) is 9.59 Å². The lowest BCUT2D eigenvalue weighted by Gasteiger charge is -2.35. The number of hydrogen-bond donors (Lipinski definition) is 2. The number of benzene rings is 2. The molecule has 8 heteroatoms. The van der Waals surface area contributed by atoms with Crippen LogP contribution in [-0.2, 0) is 4.79 Å². The van der Waals surface area contributed by atoms with Gasteiger partial charge in [0.05, 0.1) is 6.61 Å². The van der Waals surface area contributed by atoms with E-state index < -0.39 is 0 Å². The van der Waals surface area contributed by atoms with E-state index in [1.54, 1.807) is 31.2 Å². The molecule has 1 aliphatic heterocycles. The maximum atomic E-state index is 12.4. The van der Waals surface area contributed by atoms with Crippen molar-refractivity contribution in [3.05, 3.63) is 54.1 Å². The van der Waals surface area contributed by atoms with Gasteiger partial charge in [-0.2, -0.15) is 0 Å². The first-order valence-corrected chi connectivity index (χ1v) is 10.3. The number of carbonyl (C=O) groups is 2. The topological polar surface area (TPSA) is 73.9 Å². The maximum absolute atomic E-state index is 12.4. The van der Waals surface area contributed by atoms with Crippen molar-refractivity contribution >= 4 is 40.5 Å². The molecule has 1 heterocycles. The Bertz CT molecular complexity index is 909. The van der Waals surface area contributed by atoms with E-state index in [0.717, 1.165) is 37.6 Å². The Morgan fingerprint density at radius 1 is 1.07 bits per heavy atom. The van der Waals surface area contributed by atoms with Gasteiger partial charge in [-0.3, -0.25) is 14.9 Å². The number of hydrogen-bond acceptors (Lipinski definition) is 5. The van der Waals surface area contributed by atoms with Gasteiger partial charge in [0, 0.05) is 50.0 Å². The Morgan fingerprint density at radius 3 is 2.40 bits per heavy atom. The zero-order valence-electron chi connectivity index (χ0n) is 17.2. The number of nitrogens with one attached hydrogen (secondary N) is 2. The van der Waals surface area contributed by atoms with Crippen LogP contribution in [0.1, 0.15) is 24.2 Å². The molecule has 2 N–H and O–H groups in total. The van der Waals surface area contributed by atoms with Gasteiger partial charge in [-0.05, 0) is 61.6 Å². The highest BCUT2D eigenvalue weighted by atomic mass is 32.1. The molecular formula is C22H26N4O3S. The van der Waals surface area contributed by atoms with Crippen LogP contribution in [0.5, 0.6) is 5.75 Å². The number of amides is 2. The van der Waals surface area contributed by atoms with Gasteiger partial charge >= 0.3 is 0 Å². The Hall–Kier alpha value is -3.13. The molecule has 2 aromatic carbocycles. The molecule has 30 heavy (non-hydrogen) atoms. The molecular weight excluding hydrogens is 400 g/mol. The Kier molecular flexibility index (Phi) is 7.24. The van der Waals surface area contributed by atoms with Gasteiger partial charge in [0.15, 0.2) is 5.11 Å². The van der Waals surface area contributed by atoms with Crippen LogP contribution in [0.4, 0.5) is 11.4 Å². The van der Waals surface area contributed by atoms with Crippen LogP contribution >= 0.6 is 12.2 Å². The second kappa shape index (κ2) is 10.1. The van der Waals surface area contributed by atoms with Crippen LogP contribution in [0.25, 0.3) is 0 Å². The van der Waals surface area contributed by atoms with Crippen molar-refractivity contribution in [1.29, 1.82) is 0 Å². The van der Waals surface area contributed by atoms with E-state index in [1.807, 2.05) is 36.1 Å². The van der Waals surface area contributed by atoms with Crippen LogP contribution in [0.3, 0.4) is 0 Å². The van der Waals surface area contributed by atoms with Crippen LogP contribution < -0.4 is 20.3 Å². The van der Waals surface area contributed by atoms with Gasteiger partial charge in [-0.25, -0.2) is 0 Å². The zero-order chi connectivity index (χ0) is 21.5. The molecule has 158 valence electrons. The molecule has 0 saturated carbocycles. The fourth-order valence-corrected chi connectivity index (χ4v) is 3.48. The SMILES string of the molecule is CCOc1cccc(C(=O)NC(=S)Nc2ccc(N3CCN(C(C)=O)CC3)cc2)c1. The minimum Gasteiger partial charge on any atom is -0.494 e. The molecule has 0 spiro atoms. The first-order chi connectivity index (χ1) is 14.5. The largest absolute Gasteiger partial charge is 0.494 e. The summed E-state index contributed by atoms with van der Waals surface area (Å²) >= 11 is 5.27. The molecule has 3 rings (SSSR count). The average Bonchev–Trinajstić information content (AvgIpc) is 2.75. The number of ether oxygens (including phenoxy) is 1. The second-order valence-electron chi connectivity index (χ2n) is 6.91. The van der Waals surface area contributed by atoms with Crippen LogP contribution in [0, 0.1) is 0 Å². The van der Waals surface area contributed by atoms with Gasteiger partial charge in [0.1, 0.15) is 5.75 Å². The number of piperazine rings is 1. The van der Waals surface area contributed by atoms with Crippen LogP contribution in [0.2, 0.25) is 0 Å². The summed E-state index contributed by atoms with van der Waals surface area (Å²) in [6.07, 6.45) is 0. The van der Waals surface area contributed by atoms with Crippen molar-refractivity contribution in [1.82, 2.24) is 10.2 Å². The van der Waals surface area contributed by atoms with Gasteiger partial charge in [0.25, 0.3) is 5.91 Å². The predicted molar refractivity (Wildman–Crippen MR) is 122 cm³/mol. The fourth-order valence-electron chi connectivity index (χ4n) is 3.27. The summed E-state index contributed by atoms with van der Waals surface area (Å²) in [7, 11) is 0. The number of carbonyl (C=O) groups excluding carboxylic acids is 2. The highest BCUT2D eigenvalue weighted by molar-refractivity contribution is 7.80. The van der Waals surface area contributed by atoms with Gasteiger partial charge < -0.3 is 19.9 Å². The molecule has 1 fully saturated rings. The Balaban J connectivity index is 1.53. The highest BCUT2D eigenvalue weighted by Crippen LogP contribution is 2.20. The summed E-state index contributed by atoms with van der Waals surface area (Å²) in [5.41, 5.74) is 2.35. The lowest BCUT2D eigenvalue weighted by atomic mass is 10.2. The summed E-state index contributed by atoms with van der Waals surface area (Å²) in [5.74, 6) is 0.465. The lowest BCUT2D eigenvalue weighted by Crippen LogP contribution is -2.48. The molecule has 1 aliphatic rings. The smallest absolute Gasteiger partial charge is 0.257 e. The normalized spacial score (nSPS) is 13.5. The van der Waals surface area contributed by atoms with Crippen molar-refractivity contribution in [2.45, 2.75) is 13.8 Å². The number of anilines is 2. The average molecular weight is 427 g/mol. The third-order valence-electron chi connectivity index (χ3n) is 4.85. The molecule has 0 radical (unpaired) electrons. The third kappa shape index (κ3) is 5.70. The van der Waals surface area contributed by atoms with Gasteiger partial charge in [0.2, 0.25) is 5.91 Å². The van der Waals surface area contributed by atoms with Crippen molar-refractivity contribution in [3.63, 3.8) is 0 Å². The van der Waals surface area contributed by atoms with Gasteiger partial charge in [-0.15, -0.1) is 0 Å². The van der Waals surface area contributed by atoms with E-state index in [1.165, 1.54) is 0 Å². The Morgan fingerprint density at radius 2 is 1.77 bits per heavy atom. The van der Waals surface area contributed by atoms with Crippen molar-refractivity contribution in [2.75, 3.05) is 43.0 Å². The summed E-state index contributed by atoms with van der Waals surface area (Å²) < 4.78 is 5.42. The fraction of sp³-hybridized carbons (Fsp3) is 0.318. The van der Waals surface area contributed by atoms with Crippen LogP contribution in [0.15, 0.2) is 48.5 Å². The third-order valence-corrected chi connectivity index (χ3v) is 5.05. The minimum absolute atomic E-state index is 0.120. The minimum atomic E-state index is -0.297. The zero-order valence-corrected chi connectivity index (χ0v) is 18.0. The first-order valence-electron chi connectivity index (χ1n) is 9.92. The molecule has 2 amide bonds. The molecule has 1 saturated heterocycles. The second-order valence-corrected chi connectivity index (χ2v) is 7.32. The van der Waals surface area contributed by atoms with E-state index >= 15 is 0 Å². The van der Waals surface area contributed by atoms with Crippen LogP contribution in [-0.4, -0.2) is 54.6 Å². The first kappa shape index (κ1) is 21.6. The molecule has 0 aliphatic carbocycles. The number of rotatable bonds is 5. The summed E-state index contributed by atoms with van der Waals surface area (Å²) in [5, 5.41) is 5.94. The molecule has 0 bridgehead atoms. The van der Waals surface area contributed by atoms with Crippen molar-refractivity contribution in [3.8, 4) is 5.75 Å². The summed E-state index contributed by atoms with van der Waals surface area (Å²) in [4.78, 5) is 28.0. The van der Waals surface area contributed by atoms with Crippen molar-refractivity contribution in [2.24, 2.45) is 0 Å². The summed E-state index contributed by atoms with van der Waals surface area (Å²) in [6, 6.07) is 14.8. The van der Waals surface area contributed by atoms with E-state index in [2.05, 4.69) is 15.5 Å². The molecule has 2 aromatic rings. The molecule has 0 unspecified atom stereocenters. The predicted octanol–water partition coefficient (Wildman–Crippen LogP) is 2.88.